The quantitative estimate of drug-likeness (QED) is 0.864. The van der Waals surface area contributed by atoms with Crippen molar-refractivity contribution < 1.29 is 9.13 Å². The van der Waals surface area contributed by atoms with Crippen LogP contribution in [-0.2, 0) is 13.2 Å². The molecule has 0 amide bonds. The molecule has 0 bridgehead atoms. The predicted octanol–water partition coefficient (Wildman–Crippen LogP) is 3.82. The number of halogens is 1. The summed E-state index contributed by atoms with van der Waals surface area (Å²) < 4.78 is 18.8. The summed E-state index contributed by atoms with van der Waals surface area (Å²) in [7, 11) is 0. The van der Waals surface area contributed by atoms with Crippen LogP contribution in [0, 0.1) is 12.7 Å². The first-order valence-electron chi connectivity index (χ1n) is 6.86. The van der Waals surface area contributed by atoms with Crippen LogP contribution in [0.5, 0.6) is 5.75 Å². The zero-order valence-electron chi connectivity index (χ0n) is 11.9. The van der Waals surface area contributed by atoms with Crippen LogP contribution in [0.25, 0.3) is 0 Å². The highest BCUT2D eigenvalue weighted by Crippen LogP contribution is 2.20. The van der Waals surface area contributed by atoms with Crippen molar-refractivity contribution in [3.63, 3.8) is 0 Å². The van der Waals surface area contributed by atoms with Crippen LogP contribution in [0.15, 0.2) is 42.5 Å². The number of hydrogen-bond acceptors (Lipinski definition) is 2. The minimum Gasteiger partial charge on any atom is -0.489 e. The molecule has 0 spiro atoms. The van der Waals surface area contributed by atoms with Crippen LogP contribution in [0.1, 0.15) is 23.6 Å². The fourth-order valence-corrected chi connectivity index (χ4v) is 1.91. The first kappa shape index (κ1) is 14.5. The summed E-state index contributed by atoms with van der Waals surface area (Å²) in [5.74, 6) is 0.327. The molecule has 0 atom stereocenters. The molecule has 0 aromatic heterocycles. The van der Waals surface area contributed by atoms with Gasteiger partial charge in [0.05, 0.1) is 0 Å². The van der Waals surface area contributed by atoms with E-state index in [1.54, 1.807) is 6.07 Å². The third-order valence-electron chi connectivity index (χ3n) is 3.15. The van der Waals surface area contributed by atoms with E-state index < -0.39 is 0 Å². The van der Waals surface area contributed by atoms with Gasteiger partial charge in [-0.25, -0.2) is 4.39 Å². The molecule has 0 saturated heterocycles. The van der Waals surface area contributed by atoms with Gasteiger partial charge in [0.15, 0.2) is 0 Å². The average Bonchev–Trinajstić information content (AvgIpc) is 2.47. The van der Waals surface area contributed by atoms with Gasteiger partial charge in [-0.15, -0.1) is 0 Å². The van der Waals surface area contributed by atoms with Crippen LogP contribution in [0.3, 0.4) is 0 Å². The molecule has 1 N–H and O–H groups in total. The maximum Gasteiger partial charge on any atom is 0.126 e. The molecule has 0 radical (unpaired) electrons. The second-order valence-electron chi connectivity index (χ2n) is 4.80. The van der Waals surface area contributed by atoms with Crippen molar-refractivity contribution in [1.82, 2.24) is 5.32 Å². The van der Waals surface area contributed by atoms with Crippen LogP contribution >= 0.6 is 0 Å². The van der Waals surface area contributed by atoms with Crippen molar-refractivity contribution in [3.8, 4) is 5.75 Å². The molecule has 0 aliphatic heterocycles. The van der Waals surface area contributed by atoms with Crippen molar-refractivity contribution in [2.24, 2.45) is 0 Å². The van der Waals surface area contributed by atoms with E-state index in [9.17, 15) is 4.39 Å². The second kappa shape index (κ2) is 7.06. The topological polar surface area (TPSA) is 21.3 Å². The standard InChI is InChI=1S/C17H20FNO/c1-3-19-11-14-5-7-15(8-6-14)12-20-17-10-16(18)9-4-13(17)2/h4-10,19H,3,11-12H2,1-2H3. The van der Waals surface area contributed by atoms with Crippen LogP contribution < -0.4 is 10.1 Å². The molecule has 2 rings (SSSR count). The van der Waals surface area contributed by atoms with Crippen LogP contribution in [0.2, 0.25) is 0 Å². The fourth-order valence-electron chi connectivity index (χ4n) is 1.91. The Kier molecular flexibility index (Phi) is 5.13. The third kappa shape index (κ3) is 4.07. The lowest BCUT2D eigenvalue weighted by molar-refractivity contribution is 0.302. The molecule has 20 heavy (non-hydrogen) atoms. The summed E-state index contributed by atoms with van der Waals surface area (Å²) in [6, 6.07) is 12.8. The number of aryl methyl sites for hydroxylation is 1. The molecule has 0 unspecified atom stereocenters. The highest BCUT2D eigenvalue weighted by Gasteiger charge is 2.02. The Labute approximate surface area is 119 Å². The average molecular weight is 273 g/mol. The number of rotatable bonds is 6. The normalized spacial score (nSPS) is 10.6. The van der Waals surface area contributed by atoms with Gasteiger partial charge in [-0.1, -0.05) is 37.3 Å². The number of ether oxygens (including phenoxy) is 1. The summed E-state index contributed by atoms with van der Waals surface area (Å²) in [6.07, 6.45) is 0. The Bertz CT molecular complexity index is 551. The Balaban J connectivity index is 1.95. The summed E-state index contributed by atoms with van der Waals surface area (Å²) in [4.78, 5) is 0. The molecule has 0 heterocycles. The third-order valence-corrected chi connectivity index (χ3v) is 3.15. The highest BCUT2D eigenvalue weighted by molar-refractivity contribution is 5.33. The van der Waals surface area contributed by atoms with E-state index in [0.29, 0.717) is 12.4 Å². The molecule has 0 aliphatic rings. The maximum absolute atomic E-state index is 13.2. The van der Waals surface area contributed by atoms with E-state index in [1.165, 1.54) is 17.7 Å². The lowest BCUT2D eigenvalue weighted by Gasteiger charge is -2.10. The highest BCUT2D eigenvalue weighted by atomic mass is 19.1. The Morgan fingerprint density at radius 1 is 1.05 bits per heavy atom. The largest absolute Gasteiger partial charge is 0.489 e. The molecule has 0 fully saturated rings. The van der Waals surface area contributed by atoms with E-state index >= 15 is 0 Å². The maximum atomic E-state index is 13.2. The van der Waals surface area contributed by atoms with Crippen molar-refractivity contribution >= 4 is 0 Å². The van der Waals surface area contributed by atoms with Gasteiger partial charge in [0.2, 0.25) is 0 Å². The first-order chi connectivity index (χ1) is 9.69. The van der Waals surface area contributed by atoms with E-state index in [1.807, 2.05) is 19.1 Å². The first-order valence-corrected chi connectivity index (χ1v) is 6.86. The summed E-state index contributed by atoms with van der Waals surface area (Å²) in [5, 5.41) is 3.28. The molecular formula is C17H20FNO. The van der Waals surface area contributed by atoms with Crippen molar-refractivity contribution in [2.45, 2.75) is 27.0 Å². The molecule has 2 aromatic rings. The number of hydrogen-bond donors (Lipinski definition) is 1. The van der Waals surface area contributed by atoms with E-state index in [-0.39, 0.29) is 5.82 Å². The number of nitrogens with one attached hydrogen (secondary N) is 1. The van der Waals surface area contributed by atoms with E-state index in [2.05, 4.69) is 24.4 Å². The summed E-state index contributed by atoms with van der Waals surface area (Å²) >= 11 is 0. The number of benzene rings is 2. The van der Waals surface area contributed by atoms with Gasteiger partial charge in [-0.05, 0) is 36.2 Å². The van der Waals surface area contributed by atoms with Gasteiger partial charge in [0, 0.05) is 12.6 Å². The lowest BCUT2D eigenvalue weighted by Crippen LogP contribution is -2.11. The molecule has 2 aromatic carbocycles. The minimum atomic E-state index is -0.272. The summed E-state index contributed by atoms with van der Waals surface area (Å²) in [6.45, 7) is 6.29. The van der Waals surface area contributed by atoms with Crippen molar-refractivity contribution in [3.05, 3.63) is 65.0 Å². The predicted molar refractivity (Wildman–Crippen MR) is 79.3 cm³/mol. The molecule has 2 nitrogen and oxygen atoms in total. The van der Waals surface area contributed by atoms with Gasteiger partial charge < -0.3 is 10.1 Å². The fraction of sp³-hybridized carbons (Fsp3) is 0.294. The Morgan fingerprint density at radius 2 is 1.75 bits per heavy atom. The van der Waals surface area contributed by atoms with E-state index in [4.69, 9.17) is 4.74 Å². The van der Waals surface area contributed by atoms with Crippen molar-refractivity contribution in [2.75, 3.05) is 6.54 Å². The van der Waals surface area contributed by atoms with Gasteiger partial charge >= 0.3 is 0 Å². The van der Waals surface area contributed by atoms with Crippen LogP contribution in [0.4, 0.5) is 4.39 Å². The van der Waals surface area contributed by atoms with Crippen molar-refractivity contribution in [1.29, 1.82) is 0 Å². The lowest BCUT2D eigenvalue weighted by atomic mass is 10.1. The molecule has 106 valence electrons. The van der Waals surface area contributed by atoms with Gasteiger partial charge in [0.25, 0.3) is 0 Å². The summed E-state index contributed by atoms with van der Waals surface area (Å²) in [5.41, 5.74) is 3.27. The smallest absolute Gasteiger partial charge is 0.126 e. The van der Waals surface area contributed by atoms with Gasteiger partial charge in [-0.2, -0.15) is 0 Å². The van der Waals surface area contributed by atoms with Crippen LogP contribution in [-0.4, -0.2) is 6.54 Å². The second-order valence-corrected chi connectivity index (χ2v) is 4.80. The zero-order valence-corrected chi connectivity index (χ0v) is 11.9. The monoisotopic (exact) mass is 273 g/mol. The Hall–Kier alpha value is -1.87. The molecule has 3 heteroatoms. The molecule has 0 saturated carbocycles. The SMILES string of the molecule is CCNCc1ccc(COc2cc(F)ccc2C)cc1. The van der Waals surface area contributed by atoms with Gasteiger partial charge in [-0.3, -0.25) is 0 Å². The van der Waals surface area contributed by atoms with Gasteiger partial charge in [0.1, 0.15) is 18.2 Å². The Morgan fingerprint density at radius 3 is 2.45 bits per heavy atom. The molecule has 0 aliphatic carbocycles. The minimum absolute atomic E-state index is 0.272. The van der Waals surface area contributed by atoms with E-state index in [0.717, 1.165) is 24.2 Å². The zero-order chi connectivity index (χ0) is 14.4. The molecular weight excluding hydrogens is 253 g/mol.